The Morgan fingerprint density at radius 3 is 2.52 bits per heavy atom. The molecule has 0 saturated carbocycles. The molecule has 0 aliphatic carbocycles. The van der Waals surface area contributed by atoms with E-state index in [4.69, 9.17) is 10.5 Å². The topological polar surface area (TPSA) is 105 Å². The molecular weight excluding hydrogens is 434 g/mol. The molecule has 0 atom stereocenters. The Kier molecular flexibility index (Phi) is 7.16. The number of imidazole rings is 1. The summed E-state index contributed by atoms with van der Waals surface area (Å²) >= 11 is 1.55. The fourth-order valence-electron chi connectivity index (χ4n) is 3.29. The monoisotopic (exact) mass is 459 g/mol. The number of carbonyl (C=O) groups is 1. The van der Waals surface area contributed by atoms with E-state index in [1.54, 1.807) is 25.3 Å². The number of hydrogen-bond acceptors (Lipinski definition) is 6. The van der Waals surface area contributed by atoms with Gasteiger partial charge in [-0.2, -0.15) is 0 Å². The van der Waals surface area contributed by atoms with Crippen LogP contribution in [-0.2, 0) is 17.8 Å². The third kappa shape index (κ3) is 6.08. The molecule has 0 saturated heterocycles. The average molecular weight is 460 g/mol. The fourth-order valence-corrected chi connectivity index (χ4v) is 3.95. The predicted molar refractivity (Wildman–Crippen MR) is 133 cm³/mol. The summed E-state index contributed by atoms with van der Waals surface area (Å²) < 4.78 is 8.81. The summed E-state index contributed by atoms with van der Waals surface area (Å²) in [6.07, 6.45) is 1.98. The third-order valence-corrected chi connectivity index (χ3v) is 5.84. The highest BCUT2D eigenvalue weighted by Crippen LogP contribution is 2.30. The minimum atomic E-state index is -0.0428. The van der Waals surface area contributed by atoms with Crippen molar-refractivity contribution in [2.75, 3.05) is 17.6 Å². The lowest BCUT2D eigenvalue weighted by molar-refractivity contribution is -0.120. The normalized spacial score (nSPS) is 10.6. The van der Waals surface area contributed by atoms with Crippen molar-refractivity contribution < 1.29 is 9.53 Å². The van der Waals surface area contributed by atoms with Crippen molar-refractivity contribution in [1.29, 1.82) is 0 Å². The summed E-state index contributed by atoms with van der Waals surface area (Å²) in [7, 11) is 1.61. The highest BCUT2D eigenvalue weighted by atomic mass is 32.2. The van der Waals surface area contributed by atoms with Gasteiger partial charge < -0.3 is 25.5 Å². The van der Waals surface area contributed by atoms with Crippen LogP contribution in [0.15, 0.2) is 83.9 Å². The Morgan fingerprint density at radius 2 is 1.82 bits per heavy atom. The molecule has 0 unspecified atom stereocenters. The zero-order chi connectivity index (χ0) is 23.0. The second kappa shape index (κ2) is 10.6. The highest BCUT2D eigenvalue weighted by molar-refractivity contribution is 8.00. The van der Waals surface area contributed by atoms with Gasteiger partial charge in [0.25, 0.3) is 0 Å². The Bertz CT molecular complexity index is 1210. The van der Waals surface area contributed by atoms with Gasteiger partial charge >= 0.3 is 0 Å². The van der Waals surface area contributed by atoms with E-state index in [9.17, 15) is 4.79 Å². The molecule has 0 radical (unpaired) electrons. The van der Waals surface area contributed by atoms with Gasteiger partial charge in [-0.3, -0.25) is 4.79 Å². The molecule has 5 N–H and O–H groups in total. The van der Waals surface area contributed by atoms with Gasteiger partial charge in [-0.15, -0.1) is 0 Å². The van der Waals surface area contributed by atoms with E-state index in [0.29, 0.717) is 24.7 Å². The first-order valence-corrected chi connectivity index (χ1v) is 11.2. The molecule has 7 nitrogen and oxygen atoms in total. The van der Waals surface area contributed by atoms with Gasteiger partial charge in [-0.05, 0) is 59.5 Å². The molecule has 0 aliphatic heterocycles. The van der Waals surface area contributed by atoms with E-state index in [-0.39, 0.29) is 5.91 Å². The van der Waals surface area contributed by atoms with Crippen molar-refractivity contribution in [3.05, 3.63) is 90.1 Å². The minimum Gasteiger partial charge on any atom is -0.496 e. The van der Waals surface area contributed by atoms with Crippen LogP contribution in [0, 0.1) is 0 Å². The van der Waals surface area contributed by atoms with Gasteiger partial charge in [-0.25, -0.2) is 4.98 Å². The SMILES string of the molecule is COc1cc(CNC(=O)Cc2ccc(NSc3ccccc3)cc2)ccc1-c1cnc(N)[nH]1. The summed E-state index contributed by atoms with van der Waals surface area (Å²) in [4.78, 5) is 20.6. The van der Waals surface area contributed by atoms with Crippen LogP contribution in [0.25, 0.3) is 11.3 Å². The number of benzene rings is 3. The molecule has 4 aromatic rings. The molecule has 33 heavy (non-hydrogen) atoms. The molecule has 1 heterocycles. The summed E-state index contributed by atoms with van der Waals surface area (Å²) in [5, 5.41) is 2.97. The number of methoxy groups -OCH3 is 1. The second-order valence-corrected chi connectivity index (χ2v) is 8.26. The first-order chi connectivity index (χ1) is 16.1. The Morgan fingerprint density at radius 1 is 1.06 bits per heavy atom. The highest BCUT2D eigenvalue weighted by Gasteiger charge is 2.10. The standard InChI is InChI=1S/C25H25N5O2S/c1-32-23-13-18(9-12-21(23)22-16-28-25(26)29-22)15-27-24(31)14-17-7-10-19(11-8-17)30-33-20-5-3-2-4-6-20/h2-13,16,30H,14-15H2,1H3,(H,27,31)(H3,26,28,29). The lowest BCUT2D eigenvalue weighted by atomic mass is 10.1. The van der Waals surface area contributed by atoms with Gasteiger partial charge in [0.05, 0.1) is 25.4 Å². The minimum absolute atomic E-state index is 0.0428. The summed E-state index contributed by atoms with van der Waals surface area (Å²) in [5.74, 6) is 0.989. The van der Waals surface area contributed by atoms with Crippen molar-refractivity contribution in [1.82, 2.24) is 15.3 Å². The van der Waals surface area contributed by atoms with E-state index >= 15 is 0 Å². The largest absolute Gasteiger partial charge is 0.496 e. The summed E-state index contributed by atoms with van der Waals surface area (Å²) in [5.41, 5.74) is 10.2. The first-order valence-electron chi connectivity index (χ1n) is 10.4. The first kappa shape index (κ1) is 22.3. The number of carbonyl (C=O) groups excluding carboxylic acids is 1. The number of anilines is 2. The Balaban J connectivity index is 1.29. The molecule has 3 aromatic carbocycles. The van der Waals surface area contributed by atoms with Gasteiger partial charge in [0.15, 0.2) is 5.95 Å². The summed E-state index contributed by atoms with van der Waals surface area (Å²) in [6.45, 7) is 0.411. The number of hydrogen-bond donors (Lipinski definition) is 4. The van der Waals surface area contributed by atoms with Crippen molar-refractivity contribution in [3.63, 3.8) is 0 Å². The van der Waals surface area contributed by atoms with Crippen LogP contribution in [0.4, 0.5) is 11.6 Å². The maximum absolute atomic E-state index is 12.4. The second-order valence-electron chi connectivity index (χ2n) is 7.38. The van der Waals surface area contributed by atoms with Gasteiger partial charge in [0.1, 0.15) is 5.75 Å². The number of aromatic amines is 1. The Hall–Kier alpha value is -3.91. The number of nitrogens with zero attached hydrogens (tertiary/aromatic N) is 1. The maximum atomic E-state index is 12.4. The average Bonchev–Trinajstić information content (AvgIpc) is 3.28. The molecule has 1 amide bonds. The maximum Gasteiger partial charge on any atom is 0.224 e. The van der Waals surface area contributed by atoms with Crippen molar-refractivity contribution in [2.45, 2.75) is 17.9 Å². The van der Waals surface area contributed by atoms with Gasteiger partial charge in [-0.1, -0.05) is 36.4 Å². The Labute approximate surface area is 196 Å². The van der Waals surface area contributed by atoms with E-state index in [1.807, 2.05) is 72.8 Å². The lowest BCUT2D eigenvalue weighted by Gasteiger charge is -2.11. The van der Waals surface area contributed by atoms with E-state index in [0.717, 1.165) is 33.0 Å². The molecule has 1 aromatic heterocycles. The fraction of sp³-hybridized carbons (Fsp3) is 0.120. The third-order valence-electron chi connectivity index (χ3n) is 4.99. The number of amides is 1. The number of nitrogens with one attached hydrogen (secondary N) is 3. The van der Waals surface area contributed by atoms with Crippen molar-refractivity contribution >= 4 is 29.5 Å². The van der Waals surface area contributed by atoms with E-state index in [2.05, 4.69) is 20.0 Å². The number of ether oxygens (including phenoxy) is 1. The van der Waals surface area contributed by atoms with Crippen LogP contribution in [0.3, 0.4) is 0 Å². The number of H-pyrrole nitrogens is 1. The van der Waals surface area contributed by atoms with Gasteiger partial charge in [0, 0.05) is 22.7 Å². The zero-order valence-electron chi connectivity index (χ0n) is 18.2. The number of nitrogen functional groups attached to an aromatic ring is 1. The molecule has 4 rings (SSSR count). The zero-order valence-corrected chi connectivity index (χ0v) is 19.0. The van der Waals surface area contributed by atoms with E-state index in [1.165, 1.54) is 0 Å². The quantitative estimate of drug-likeness (QED) is 0.272. The van der Waals surface area contributed by atoms with Crippen LogP contribution in [0.5, 0.6) is 5.75 Å². The molecular formula is C25H25N5O2S. The molecule has 0 aliphatic rings. The van der Waals surface area contributed by atoms with Gasteiger partial charge in [0.2, 0.25) is 5.91 Å². The van der Waals surface area contributed by atoms with Crippen molar-refractivity contribution in [3.8, 4) is 17.0 Å². The molecule has 0 bridgehead atoms. The number of aromatic nitrogens is 2. The molecule has 8 heteroatoms. The van der Waals surface area contributed by atoms with Crippen LogP contribution >= 0.6 is 11.9 Å². The predicted octanol–water partition coefficient (Wildman–Crippen LogP) is 4.65. The van der Waals surface area contributed by atoms with Crippen LogP contribution in [-0.4, -0.2) is 23.0 Å². The smallest absolute Gasteiger partial charge is 0.224 e. The number of rotatable bonds is 9. The summed E-state index contributed by atoms with van der Waals surface area (Å²) in [6, 6.07) is 23.7. The molecule has 0 fully saturated rings. The lowest BCUT2D eigenvalue weighted by Crippen LogP contribution is -2.24. The van der Waals surface area contributed by atoms with Crippen LogP contribution in [0.2, 0.25) is 0 Å². The van der Waals surface area contributed by atoms with Crippen molar-refractivity contribution in [2.24, 2.45) is 0 Å². The van der Waals surface area contributed by atoms with Crippen LogP contribution in [0.1, 0.15) is 11.1 Å². The molecule has 168 valence electrons. The van der Waals surface area contributed by atoms with E-state index < -0.39 is 0 Å². The number of nitrogens with two attached hydrogens (primary N) is 1. The molecule has 0 spiro atoms. The van der Waals surface area contributed by atoms with Crippen LogP contribution < -0.4 is 20.5 Å².